The van der Waals surface area contributed by atoms with Crippen LogP contribution in [-0.2, 0) is 6.42 Å². The van der Waals surface area contributed by atoms with Crippen molar-refractivity contribution in [1.82, 2.24) is 25.3 Å². The van der Waals surface area contributed by atoms with E-state index < -0.39 is 0 Å². The van der Waals surface area contributed by atoms with Gasteiger partial charge in [-0.05, 0) is 50.1 Å². The van der Waals surface area contributed by atoms with E-state index in [-0.39, 0.29) is 29.8 Å². The normalized spacial score (nSPS) is 15.5. The molecule has 0 unspecified atom stereocenters. The van der Waals surface area contributed by atoms with Crippen LogP contribution < -0.4 is 10.6 Å². The molecule has 0 bridgehead atoms. The monoisotopic (exact) mass is 526 g/mol. The third kappa shape index (κ3) is 7.39. The highest BCUT2D eigenvalue weighted by Crippen LogP contribution is 2.12. The number of hydrogen-bond acceptors (Lipinski definition) is 3. The third-order valence-corrected chi connectivity index (χ3v) is 5.05. The lowest BCUT2D eigenvalue weighted by molar-refractivity contribution is 0.221. The highest BCUT2D eigenvalue weighted by atomic mass is 127. The van der Waals surface area contributed by atoms with Gasteiger partial charge in [-0.3, -0.25) is 9.89 Å². The van der Waals surface area contributed by atoms with Crippen LogP contribution in [0.25, 0.3) is 5.69 Å². The summed E-state index contributed by atoms with van der Waals surface area (Å²) in [6.07, 6.45) is 4.90. The minimum absolute atomic E-state index is 0. The van der Waals surface area contributed by atoms with Crippen molar-refractivity contribution in [3.8, 4) is 5.69 Å². The van der Waals surface area contributed by atoms with E-state index in [1.807, 2.05) is 12.3 Å². The molecule has 0 atom stereocenters. The van der Waals surface area contributed by atoms with Crippen LogP contribution in [0.1, 0.15) is 25.5 Å². The molecule has 1 aliphatic rings. The van der Waals surface area contributed by atoms with Gasteiger partial charge in [0, 0.05) is 51.9 Å². The van der Waals surface area contributed by atoms with Crippen molar-refractivity contribution in [1.29, 1.82) is 0 Å². The molecule has 30 heavy (non-hydrogen) atoms. The molecule has 8 heteroatoms. The molecule has 6 nitrogen and oxygen atoms in total. The van der Waals surface area contributed by atoms with Gasteiger partial charge in [-0.2, -0.15) is 5.10 Å². The molecule has 2 heterocycles. The SMILES string of the molecule is C=C(C)CN1CCC(NC(=NC)NCCc2ccn(-c3ccc(F)cc3)n2)CC1.I. The third-order valence-electron chi connectivity index (χ3n) is 5.05. The van der Waals surface area contributed by atoms with E-state index in [0.717, 1.165) is 62.8 Å². The average Bonchev–Trinajstić information content (AvgIpc) is 3.17. The van der Waals surface area contributed by atoms with E-state index >= 15 is 0 Å². The summed E-state index contributed by atoms with van der Waals surface area (Å²) in [4.78, 5) is 6.80. The first-order valence-corrected chi connectivity index (χ1v) is 10.2. The van der Waals surface area contributed by atoms with E-state index in [0.29, 0.717) is 6.04 Å². The smallest absolute Gasteiger partial charge is 0.191 e. The van der Waals surface area contributed by atoms with Crippen LogP contribution >= 0.6 is 24.0 Å². The predicted octanol–water partition coefficient (Wildman–Crippen LogP) is 3.38. The second-order valence-electron chi connectivity index (χ2n) is 7.63. The zero-order valence-electron chi connectivity index (χ0n) is 17.8. The van der Waals surface area contributed by atoms with Crippen LogP contribution in [0, 0.1) is 5.82 Å². The van der Waals surface area contributed by atoms with Gasteiger partial charge in [0.25, 0.3) is 0 Å². The molecule has 1 aliphatic heterocycles. The maximum atomic E-state index is 13.1. The number of guanidine groups is 1. The Labute approximate surface area is 195 Å². The van der Waals surface area contributed by atoms with Gasteiger partial charge in [0.1, 0.15) is 5.82 Å². The van der Waals surface area contributed by atoms with Crippen molar-refractivity contribution in [2.75, 3.05) is 33.2 Å². The summed E-state index contributed by atoms with van der Waals surface area (Å²) in [5.74, 6) is 0.590. The largest absolute Gasteiger partial charge is 0.356 e. The molecule has 3 rings (SSSR count). The highest BCUT2D eigenvalue weighted by molar-refractivity contribution is 14.0. The maximum Gasteiger partial charge on any atom is 0.191 e. The molecule has 2 aromatic rings. The topological polar surface area (TPSA) is 57.5 Å². The van der Waals surface area contributed by atoms with E-state index in [2.05, 4.69) is 39.1 Å². The zero-order chi connectivity index (χ0) is 20.6. The van der Waals surface area contributed by atoms with Gasteiger partial charge in [0.2, 0.25) is 0 Å². The molecule has 0 aliphatic carbocycles. The summed E-state index contributed by atoms with van der Waals surface area (Å²) in [6, 6.07) is 8.75. The highest BCUT2D eigenvalue weighted by Gasteiger charge is 2.19. The van der Waals surface area contributed by atoms with Gasteiger partial charge in [-0.25, -0.2) is 9.07 Å². The Kier molecular flexibility index (Phi) is 9.77. The van der Waals surface area contributed by atoms with E-state index in [1.54, 1.807) is 23.9 Å². The maximum absolute atomic E-state index is 13.1. The Bertz CT molecular complexity index is 824. The summed E-state index contributed by atoms with van der Waals surface area (Å²) in [5, 5.41) is 11.5. The van der Waals surface area contributed by atoms with Crippen LogP contribution in [0.5, 0.6) is 0 Å². The molecule has 1 fully saturated rings. The van der Waals surface area contributed by atoms with Crippen molar-refractivity contribution >= 4 is 29.9 Å². The fourth-order valence-corrected chi connectivity index (χ4v) is 3.55. The van der Waals surface area contributed by atoms with Crippen LogP contribution in [-0.4, -0.2) is 59.9 Å². The number of aliphatic imine (C=N–C) groups is 1. The molecule has 2 N–H and O–H groups in total. The van der Waals surface area contributed by atoms with Crippen molar-refractivity contribution < 1.29 is 4.39 Å². The van der Waals surface area contributed by atoms with Crippen LogP contribution in [0.2, 0.25) is 0 Å². The summed E-state index contributed by atoms with van der Waals surface area (Å²) in [5.41, 5.74) is 3.04. The number of rotatable bonds is 7. The number of piperidine rings is 1. The van der Waals surface area contributed by atoms with Crippen LogP contribution in [0.15, 0.2) is 53.7 Å². The number of halogens is 2. The summed E-state index contributed by atoms with van der Waals surface area (Å²) < 4.78 is 14.8. The van der Waals surface area contributed by atoms with Gasteiger partial charge in [0.05, 0.1) is 11.4 Å². The molecule has 1 saturated heterocycles. The van der Waals surface area contributed by atoms with Gasteiger partial charge >= 0.3 is 0 Å². The number of likely N-dealkylation sites (tertiary alicyclic amines) is 1. The molecular weight excluding hydrogens is 494 g/mol. The summed E-state index contributed by atoms with van der Waals surface area (Å²) in [6.45, 7) is 9.99. The molecule has 0 radical (unpaired) electrons. The molecular formula is C22H32FIN6. The standard InChI is InChI=1S/C22H31FN6.HI/c1-17(2)16-28-13-9-19(10-14-28)26-22(24-3)25-12-8-20-11-15-29(27-20)21-6-4-18(23)5-7-21;/h4-7,11,15,19H,1,8-10,12-14,16H2,2-3H3,(H2,24,25,26);1H. The van der Waals surface area contributed by atoms with Gasteiger partial charge in [-0.1, -0.05) is 12.2 Å². The van der Waals surface area contributed by atoms with Crippen molar-refractivity contribution in [2.24, 2.45) is 4.99 Å². The second kappa shape index (κ2) is 12.0. The number of aromatic nitrogens is 2. The molecule has 1 aromatic heterocycles. The summed E-state index contributed by atoms with van der Waals surface area (Å²) >= 11 is 0. The number of nitrogens with one attached hydrogen (secondary N) is 2. The first-order chi connectivity index (χ1) is 14.0. The molecule has 0 saturated carbocycles. The van der Waals surface area contributed by atoms with Crippen molar-refractivity contribution in [3.63, 3.8) is 0 Å². The average molecular weight is 526 g/mol. The lowest BCUT2D eigenvalue weighted by atomic mass is 10.0. The Balaban J connectivity index is 0.00000320. The van der Waals surface area contributed by atoms with Gasteiger partial charge in [-0.15, -0.1) is 24.0 Å². The fourth-order valence-electron chi connectivity index (χ4n) is 3.55. The molecule has 0 spiro atoms. The van der Waals surface area contributed by atoms with Gasteiger partial charge < -0.3 is 10.6 Å². The second-order valence-corrected chi connectivity index (χ2v) is 7.63. The van der Waals surface area contributed by atoms with Crippen LogP contribution in [0.3, 0.4) is 0 Å². The Morgan fingerprint density at radius 1 is 1.23 bits per heavy atom. The number of nitrogens with zero attached hydrogens (tertiary/aromatic N) is 4. The van der Waals surface area contributed by atoms with Crippen molar-refractivity contribution in [3.05, 3.63) is 60.2 Å². The number of benzene rings is 1. The van der Waals surface area contributed by atoms with Crippen molar-refractivity contribution in [2.45, 2.75) is 32.2 Å². The van der Waals surface area contributed by atoms with E-state index in [4.69, 9.17) is 0 Å². The first kappa shape index (κ1) is 24.3. The first-order valence-electron chi connectivity index (χ1n) is 10.2. The summed E-state index contributed by atoms with van der Waals surface area (Å²) in [7, 11) is 1.80. The fraction of sp³-hybridized carbons (Fsp3) is 0.455. The quantitative estimate of drug-likeness (QED) is 0.252. The zero-order valence-corrected chi connectivity index (χ0v) is 20.1. The van der Waals surface area contributed by atoms with Gasteiger partial charge in [0.15, 0.2) is 5.96 Å². The van der Waals surface area contributed by atoms with E-state index in [9.17, 15) is 4.39 Å². The minimum Gasteiger partial charge on any atom is -0.356 e. The lowest BCUT2D eigenvalue weighted by Gasteiger charge is -2.33. The predicted molar refractivity (Wildman–Crippen MR) is 131 cm³/mol. The Morgan fingerprint density at radius 3 is 2.57 bits per heavy atom. The molecule has 0 amide bonds. The molecule has 164 valence electrons. The van der Waals surface area contributed by atoms with E-state index in [1.165, 1.54) is 17.7 Å². The molecule has 1 aromatic carbocycles. The van der Waals surface area contributed by atoms with Crippen LogP contribution in [0.4, 0.5) is 4.39 Å². The minimum atomic E-state index is -0.245. The lowest BCUT2D eigenvalue weighted by Crippen LogP contribution is -2.49. The number of hydrogen-bond donors (Lipinski definition) is 2. The Hall–Kier alpha value is -1.94. The Morgan fingerprint density at radius 2 is 1.93 bits per heavy atom.